The molecule has 0 aromatic rings. The van der Waals surface area contributed by atoms with Gasteiger partial charge in [-0.25, -0.2) is 0 Å². The zero-order valence-corrected chi connectivity index (χ0v) is 20.3. The van der Waals surface area contributed by atoms with Crippen molar-refractivity contribution in [2.75, 3.05) is 13.2 Å². The molecule has 1 amide bonds. The number of rotatable bonds is 13. The summed E-state index contributed by atoms with van der Waals surface area (Å²) in [5, 5.41) is 20.7. The summed E-state index contributed by atoms with van der Waals surface area (Å²) >= 11 is 0. The van der Waals surface area contributed by atoms with E-state index in [9.17, 15) is 15.0 Å². The van der Waals surface area contributed by atoms with Gasteiger partial charge in [0.1, 0.15) is 0 Å². The molecule has 1 saturated carbocycles. The maximum Gasteiger partial charge on any atom is 0.225 e. The third kappa shape index (κ3) is 7.73. The molecule has 31 heavy (non-hydrogen) atoms. The van der Waals surface area contributed by atoms with Gasteiger partial charge in [0.15, 0.2) is 0 Å². The van der Waals surface area contributed by atoms with Crippen molar-refractivity contribution in [1.82, 2.24) is 4.90 Å². The number of ether oxygens (including phenoxy) is 1. The standard InChI is InChI=1S/C26H45NO4/c1-6-7-8-9-22(28)10-11-23-24-15-20(14-21(24)16-25(23)29)17-31-13-12-26(30)27(18(2)3)19(4)5/h10-11,14,18-19,21-25,28-29H,6-9,12-13,15-17H2,1-5H3/t21-,22-,23+,24-,25+/m0/s1. The zero-order chi connectivity index (χ0) is 23.0. The summed E-state index contributed by atoms with van der Waals surface area (Å²) in [6.07, 6.45) is 11.7. The number of amides is 1. The number of unbranched alkanes of at least 4 members (excludes halogenated alkanes) is 2. The number of aliphatic hydroxyl groups excluding tert-OH is 2. The van der Waals surface area contributed by atoms with E-state index in [1.807, 2.05) is 38.7 Å². The number of hydrogen-bond acceptors (Lipinski definition) is 4. The van der Waals surface area contributed by atoms with Crippen LogP contribution < -0.4 is 0 Å². The van der Waals surface area contributed by atoms with Crippen molar-refractivity contribution in [3.8, 4) is 0 Å². The molecule has 2 rings (SSSR count). The largest absolute Gasteiger partial charge is 0.392 e. The van der Waals surface area contributed by atoms with Crippen molar-refractivity contribution in [3.05, 3.63) is 23.8 Å². The number of carbonyl (C=O) groups is 1. The van der Waals surface area contributed by atoms with E-state index < -0.39 is 6.10 Å². The van der Waals surface area contributed by atoms with Gasteiger partial charge < -0.3 is 19.8 Å². The summed E-state index contributed by atoms with van der Waals surface area (Å²) in [5.74, 6) is 1.03. The van der Waals surface area contributed by atoms with Gasteiger partial charge in [0.25, 0.3) is 0 Å². The minimum Gasteiger partial charge on any atom is -0.392 e. The van der Waals surface area contributed by atoms with E-state index in [0.29, 0.717) is 31.5 Å². The Morgan fingerprint density at radius 2 is 1.97 bits per heavy atom. The average molecular weight is 436 g/mol. The molecule has 0 aromatic heterocycles. The SMILES string of the molecule is CCCCC[C@H](O)C=C[C@@H]1[C@H]2CC(COCCC(=O)N(C(C)C)C(C)C)=C[C@H]2C[C@H]1O. The van der Waals surface area contributed by atoms with E-state index >= 15 is 0 Å². The number of carbonyl (C=O) groups excluding carboxylic acids is 1. The first-order chi connectivity index (χ1) is 14.7. The Morgan fingerprint density at radius 3 is 2.61 bits per heavy atom. The highest BCUT2D eigenvalue weighted by Crippen LogP contribution is 2.47. The molecule has 5 heteroatoms. The summed E-state index contributed by atoms with van der Waals surface area (Å²) in [4.78, 5) is 14.4. The number of aliphatic hydroxyl groups is 2. The molecule has 5 nitrogen and oxygen atoms in total. The highest BCUT2D eigenvalue weighted by Gasteiger charge is 2.43. The van der Waals surface area contributed by atoms with Gasteiger partial charge in [0.05, 0.1) is 31.8 Å². The lowest BCUT2D eigenvalue weighted by Gasteiger charge is -2.30. The van der Waals surface area contributed by atoms with Gasteiger partial charge in [-0.15, -0.1) is 0 Å². The smallest absolute Gasteiger partial charge is 0.225 e. The highest BCUT2D eigenvalue weighted by atomic mass is 16.5. The summed E-state index contributed by atoms with van der Waals surface area (Å²) in [5.41, 5.74) is 1.28. The van der Waals surface area contributed by atoms with Crippen molar-refractivity contribution in [2.45, 2.75) is 104 Å². The molecule has 0 aliphatic heterocycles. The summed E-state index contributed by atoms with van der Waals surface area (Å²) in [6.45, 7) is 11.4. The van der Waals surface area contributed by atoms with Crippen LogP contribution in [0.3, 0.4) is 0 Å². The number of allylic oxidation sites excluding steroid dienone is 1. The molecule has 2 N–H and O–H groups in total. The van der Waals surface area contributed by atoms with Crippen molar-refractivity contribution in [1.29, 1.82) is 0 Å². The lowest BCUT2D eigenvalue weighted by atomic mass is 9.89. The average Bonchev–Trinajstić information content (AvgIpc) is 3.19. The molecule has 2 aliphatic rings. The van der Waals surface area contributed by atoms with Gasteiger partial charge in [-0.2, -0.15) is 0 Å². The van der Waals surface area contributed by atoms with Crippen LogP contribution >= 0.6 is 0 Å². The first kappa shape index (κ1) is 26.1. The normalized spacial score (nSPS) is 26.7. The van der Waals surface area contributed by atoms with E-state index in [0.717, 1.165) is 38.5 Å². The highest BCUT2D eigenvalue weighted by molar-refractivity contribution is 5.76. The van der Waals surface area contributed by atoms with Gasteiger partial charge in [-0.05, 0) is 64.4 Å². The predicted octanol–water partition coefficient (Wildman–Crippen LogP) is 4.48. The van der Waals surface area contributed by atoms with Crippen molar-refractivity contribution in [2.24, 2.45) is 17.8 Å². The van der Waals surface area contributed by atoms with Gasteiger partial charge in [0, 0.05) is 18.0 Å². The van der Waals surface area contributed by atoms with Crippen LogP contribution in [0.2, 0.25) is 0 Å². The minimum atomic E-state index is -0.413. The van der Waals surface area contributed by atoms with Gasteiger partial charge in [-0.1, -0.05) is 44.4 Å². The summed E-state index contributed by atoms with van der Waals surface area (Å²) in [7, 11) is 0. The second-order valence-electron chi connectivity index (χ2n) is 9.98. The Balaban J connectivity index is 1.76. The fourth-order valence-electron chi connectivity index (χ4n) is 5.33. The maximum absolute atomic E-state index is 12.4. The Labute approximate surface area is 189 Å². The third-order valence-corrected chi connectivity index (χ3v) is 6.76. The van der Waals surface area contributed by atoms with E-state index in [-0.39, 0.29) is 30.0 Å². The quantitative estimate of drug-likeness (QED) is 0.331. The van der Waals surface area contributed by atoms with Gasteiger partial charge >= 0.3 is 0 Å². The fraction of sp³-hybridized carbons (Fsp3) is 0.808. The molecule has 178 valence electrons. The number of fused-ring (bicyclic) bond motifs is 1. The second-order valence-corrected chi connectivity index (χ2v) is 9.98. The lowest BCUT2D eigenvalue weighted by Crippen LogP contribution is -2.42. The van der Waals surface area contributed by atoms with Crippen LogP contribution in [0.15, 0.2) is 23.8 Å². The zero-order valence-electron chi connectivity index (χ0n) is 20.3. The lowest BCUT2D eigenvalue weighted by molar-refractivity contribution is -0.135. The Bertz CT molecular complexity index is 605. The Kier molecular flexibility index (Phi) is 10.7. The molecule has 0 bridgehead atoms. The number of nitrogens with zero attached hydrogens (tertiary/aromatic N) is 1. The van der Waals surface area contributed by atoms with Gasteiger partial charge in [-0.3, -0.25) is 4.79 Å². The molecule has 1 fully saturated rings. The van der Waals surface area contributed by atoms with Crippen LogP contribution in [0.5, 0.6) is 0 Å². The third-order valence-electron chi connectivity index (χ3n) is 6.76. The molecule has 0 spiro atoms. The van der Waals surface area contributed by atoms with Crippen LogP contribution in [0.25, 0.3) is 0 Å². The maximum atomic E-state index is 12.4. The van der Waals surface area contributed by atoms with Crippen molar-refractivity contribution in [3.63, 3.8) is 0 Å². The molecule has 0 unspecified atom stereocenters. The monoisotopic (exact) mass is 435 g/mol. The van der Waals surface area contributed by atoms with Crippen LogP contribution in [-0.2, 0) is 9.53 Å². The van der Waals surface area contributed by atoms with E-state index in [1.54, 1.807) is 0 Å². The second kappa shape index (κ2) is 12.8. The summed E-state index contributed by atoms with van der Waals surface area (Å²) in [6, 6.07) is 0.400. The van der Waals surface area contributed by atoms with Crippen molar-refractivity contribution >= 4 is 5.91 Å². The molecule has 2 aliphatic carbocycles. The molecule has 5 atom stereocenters. The molecule has 0 saturated heterocycles. The summed E-state index contributed by atoms with van der Waals surface area (Å²) < 4.78 is 5.84. The van der Waals surface area contributed by atoms with Crippen molar-refractivity contribution < 1.29 is 19.7 Å². The first-order valence-electron chi connectivity index (χ1n) is 12.4. The van der Waals surface area contributed by atoms with Gasteiger partial charge in [0.2, 0.25) is 5.91 Å². The van der Waals surface area contributed by atoms with E-state index in [2.05, 4.69) is 19.1 Å². The molecular formula is C26H45NO4. The number of hydrogen-bond donors (Lipinski definition) is 2. The topological polar surface area (TPSA) is 70.0 Å². The van der Waals surface area contributed by atoms with Crippen LogP contribution in [0.1, 0.15) is 79.6 Å². The fourth-order valence-corrected chi connectivity index (χ4v) is 5.33. The van der Waals surface area contributed by atoms with E-state index in [1.165, 1.54) is 5.57 Å². The van der Waals surface area contributed by atoms with Crippen LogP contribution in [-0.4, -0.2) is 58.5 Å². The first-order valence-corrected chi connectivity index (χ1v) is 12.4. The Hall–Kier alpha value is -1.17. The predicted molar refractivity (Wildman–Crippen MR) is 126 cm³/mol. The molecule has 0 heterocycles. The van der Waals surface area contributed by atoms with E-state index in [4.69, 9.17) is 4.74 Å². The molecule has 0 aromatic carbocycles. The van der Waals surface area contributed by atoms with Crippen LogP contribution in [0, 0.1) is 17.8 Å². The van der Waals surface area contributed by atoms with Crippen LogP contribution in [0.4, 0.5) is 0 Å². The Morgan fingerprint density at radius 1 is 1.26 bits per heavy atom. The molecule has 0 radical (unpaired) electrons. The molecular weight excluding hydrogens is 390 g/mol. The minimum absolute atomic E-state index is 0.104.